The molecule has 28 heavy (non-hydrogen) atoms. The molecule has 0 bridgehead atoms. The Kier molecular flexibility index (Phi) is 8.79. The summed E-state index contributed by atoms with van der Waals surface area (Å²) in [6.45, 7) is 1.25. The van der Waals surface area contributed by atoms with Gasteiger partial charge in [-0.05, 0) is 36.2 Å². The molecule has 0 unspecified atom stereocenters. The largest absolute Gasteiger partial charge is 0.356 e. The molecule has 0 aliphatic rings. The van der Waals surface area contributed by atoms with Gasteiger partial charge in [0.15, 0.2) is 11.8 Å². The Morgan fingerprint density at radius 2 is 1.93 bits per heavy atom. The van der Waals surface area contributed by atoms with E-state index in [0.717, 1.165) is 5.56 Å². The van der Waals surface area contributed by atoms with Crippen molar-refractivity contribution in [2.75, 3.05) is 20.1 Å². The van der Waals surface area contributed by atoms with Gasteiger partial charge in [0.1, 0.15) is 11.5 Å². The highest BCUT2D eigenvalue weighted by Crippen LogP contribution is 2.13. The molecule has 0 atom stereocenters. The van der Waals surface area contributed by atoms with E-state index >= 15 is 0 Å². The standard InChI is InChI=1S/C19H21FN6O.HI/c1-21-19(23-11-8-14-5-4-6-15(20)13-14)24-12-9-17-25-18(27-26-17)16-7-2-3-10-22-16;/h2-7,10,13H,8-9,11-12H2,1H3,(H2,21,23,24);1H. The minimum atomic E-state index is -0.222. The van der Waals surface area contributed by atoms with Crippen molar-refractivity contribution in [2.24, 2.45) is 4.99 Å². The van der Waals surface area contributed by atoms with Crippen LogP contribution in [0.4, 0.5) is 4.39 Å². The van der Waals surface area contributed by atoms with E-state index in [2.05, 4.69) is 30.8 Å². The molecule has 2 aromatic heterocycles. The van der Waals surface area contributed by atoms with Crippen LogP contribution >= 0.6 is 24.0 Å². The zero-order valence-electron chi connectivity index (χ0n) is 15.4. The summed E-state index contributed by atoms with van der Waals surface area (Å²) in [6.07, 6.45) is 2.97. The van der Waals surface area contributed by atoms with Crippen LogP contribution in [-0.4, -0.2) is 41.2 Å². The number of benzene rings is 1. The number of hydrogen-bond donors (Lipinski definition) is 2. The predicted molar refractivity (Wildman–Crippen MR) is 116 cm³/mol. The molecular weight excluding hydrogens is 474 g/mol. The maximum atomic E-state index is 13.2. The van der Waals surface area contributed by atoms with Crippen LogP contribution < -0.4 is 10.6 Å². The van der Waals surface area contributed by atoms with Gasteiger partial charge in [-0.2, -0.15) is 4.98 Å². The molecule has 0 amide bonds. The van der Waals surface area contributed by atoms with E-state index < -0.39 is 0 Å². The lowest BCUT2D eigenvalue weighted by molar-refractivity contribution is 0.421. The molecule has 0 saturated carbocycles. The molecule has 9 heteroatoms. The van der Waals surface area contributed by atoms with Crippen molar-refractivity contribution in [3.8, 4) is 11.6 Å². The monoisotopic (exact) mass is 496 g/mol. The van der Waals surface area contributed by atoms with Crippen molar-refractivity contribution in [1.29, 1.82) is 0 Å². The maximum absolute atomic E-state index is 13.2. The van der Waals surface area contributed by atoms with Crippen LogP contribution in [0.2, 0.25) is 0 Å². The van der Waals surface area contributed by atoms with E-state index in [4.69, 9.17) is 4.52 Å². The highest BCUT2D eigenvalue weighted by molar-refractivity contribution is 14.0. The van der Waals surface area contributed by atoms with Gasteiger partial charge < -0.3 is 15.2 Å². The molecule has 2 heterocycles. The van der Waals surface area contributed by atoms with Crippen LogP contribution in [0, 0.1) is 5.82 Å². The smallest absolute Gasteiger partial charge is 0.276 e. The summed E-state index contributed by atoms with van der Waals surface area (Å²) in [5.74, 6) is 1.45. The Labute approximate surface area is 179 Å². The number of pyridine rings is 1. The molecule has 0 aliphatic heterocycles. The number of hydrogen-bond acceptors (Lipinski definition) is 5. The van der Waals surface area contributed by atoms with Crippen molar-refractivity contribution < 1.29 is 8.91 Å². The number of aromatic nitrogens is 3. The van der Waals surface area contributed by atoms with E-state index in [1.165, 1.54) is 12.1 Å². The molecule has 0 aliphatic carbocycles. The fourth-order valence-corrected chi connectivity index (χ4v) is 2.48. The predicted octanol–water partition coefficient (Wildman–Crippen LogP) is 2.84. The molecule has 0 fully saturated rings. The third kappa shape index (κ3) is 6.55. The number of nitrogens with one attached hydrogen (secondary N) is 2. The fourth-order valence-electron chi connectivity index (χ4n) is 2.48. The Bertz CT molecular complexity index is 887. The molecule has 1 aromatic carbocycles. The Morgan fingerprint density at radius 3 is 2.64 bits per heavy atom. The number of nitrogens with zero attached hydrogens (tertiary/aromatic N) is 4. The average Bonchev–Trinajstić information content (AvgIpc) is 3.16. The average molecular weight is 496 g/mol. The number of aliphatic imine (C=N–C) groups is 1. The quantitative estimate of drug-likeness (QED) is 0.297. The fraction of sp³-hybridized carbons (Fsp3) is 0.263. The summed E-state index contributed by atoms with van der Waals surface area (Å²) in [5.41, 5.74) is 1.59. The lowest BCUT2D eigenvalue weighted by Crippen LogP contribution is -2.39. The Balaban J connectivity index is 0.00000280. The van der Waals surface area contributed by atoms with Crippen LogP contribution in [0.1, 0.15) is 11.4 Å². The highest BCUT2D eigenvalue weighted by Gasteiger charge is 2.09. The van der Waals surface area contributed by atoms with Gasteiger partial charge in [0.25, 0.3) is 5.89 Å². The molecule has 7 nitrogen and oxygen atoms in total. The van der Waals surface area contributed by atoms with E-state index in [1.54, 1.807) is 19.3 Å². The normalized spacial score (nSPS) is 11.0. The van der Waals surface area contributed by atoms with Gasteiger partial charge >= 0.3 is 0 Å². The van der Waals surface area contributed by atoms with Crippen molar-refractivity contribution in [3.63, 3.8) is 0 Å². The van der Waals surface area contributed by atoms with Crippen LogP contribution in [0.25, 0.3) is 11.6 Å². The molecule has 0 saturated heterocycles. The van der Waals surface area contributed by atoms with Gasteiger partial charge in [0, 0.05) is 32.8 Å². The van der Waals surface area contributed by atoms with Crippen molar-refractivity contribution in [3.05, 3.63) is 65.9 Å². The first kappa shape index (κ1) is 21.7. The highest BCUT2D eigenvalue weighted by atomic mass is 127. The molecule has 3 rings (SSSR count). The number of halogens is 2. The van der Waals surface area contributed by atoms with E-state index in [1.807, 2.05) is 24.3 Å². The second kappa shape index (κ2) is 11.3. The number of guanidine groups is 1. The summed E-state index contributed by atoms with van der Waals surface area (Å²) < 4.78 is 18.4. The Hall–Kier alpha value is -2.56. The third-order valence-electron chi connectivity index (χ3n) is 3.81. The SMILES string of the molecule is CN=C(NCCc1cccc(F)c1)NCCc1noc(-c2ccccn2)n1.I. The van der Waals surface area contributed by atoms with E-state index in [0.29, 0.717) is 49.3 Å². The van der Waals surface area contributed by atoms with Crippen LogP contribution in [-0.2, 0) is 12.8 Å². The van der Waals surface area contributed by atoms with Gasteiger partial charge in [-0.3, -0.25) is 9.98 Å². The molecule has 0 radical (unpaired) electrons. The first-order valence-corrected chi connectivity index (χ1v) is 8.67. The third-order valence-corrected chi connectivity index (χ3v) is 3.81. The lowest BCUT2D eigenvalue weighted by atomic mass is 10.1. The lowest BCUT2D eigenvalue weighted by Gasteiger charge is -2.11. The van der Waals surface area contributed by atoms with Crippen molar-refractivity contribution in [2.45, 2.75) is 12.8 Å². The first-order chi connectivity index (χ1) is 13.2. The molecular formula is C19H22FIN6O. The topological polar surface area (TPSA) is 88.2 Å². The number of rotatable bonds is 7. The van der Waals surface area contributed by atoms with Crippen molar-refractivity contribution in [1.82, 2.24) is 25.8 Å². The van der Waals surface area contributed by atoms with Gasteiger partial charge in [0.2, 0.25) is 0 Å². The van der Waals surface area contributed by atoms with Crippen LogP contribution in [0.5, 0.6) is 0 Å². The van der Waals surface area contributed by atoms with Gasteiger partial charge in [-0.15, -0.1) is 24.0 Å². The first-order valence-electron chi connectivity index (χ1n) is 8.67. The minimum absolute atomic E-state index is 0. The van der Waals surface area contributed by atoms with E-state index in [9.17, 15) is 4.39 Å². The van der Waals surface area contributed by atoms with Gasteiger partial charge in [-0.25, -0.2) is 4.39 Å². The maximum Gasteiger partial charge on any atom is 0.276 e. The summed E-state index contributed by atoms with van der Waals surface area (Å²) in [5, 5.41) is 10.4. The van der Waals surface area contributed by atoms with Crippen LogP contribution in [0.3, 0.4) is 0 Å². The summed E-state index contributed by atoms with van der Waals surface area (Å²) in [7, 11) is 1.70. The zero-order chi connectivity index (χ0) is 18.9. The molecule has 148 valence electrons. The minimum Gasteiger partial charge on any atom is -0.356 e. The van der Waals surface area contributed by atoms with Gasteiger partial charge in [0.05, 0.1) is 0 Å². The molecule has 3 aromatic rings. The second-order valence-corrected chi connectivity index (χ2v) is 5.79. The second-order valence-electron chi connectivity index (χ2n) is 5.79. The summed E-state index contributed by atoms with van der Waals surface area (Å²) in [6, 6.07) is 12.1. The van der Waals surface area contributed by atoms with Crippen molar-refractivity contribution >= 4 is 29.9 Å². The zero-order valence-corrected chi connectivity index (χ0v) is 17.8. The molecule has 2 N–H and O–H groups in total. The molecule has 0 spiro atoms. The summed E-state index contributed by atoms with van der Waals surface area (Å²) in [4.78, 5) is 12.7. The van der Waals surface area contributed by atoms with E-state index in [-0.39, 0.29) is 29.8 Å². The summed E-state index contributed by atoms with van der Waals surface area (Å²) >= 11 is 0. The van der Waals surface area contributed by atoms with Crippen LogP contribution in [0.15, 0.2) is 58.2 Å². The Morgan fingerprint density at radius 1 is 1.11 bits per heavy atom. The van der Waals surface area contributed by atoms with Gasteiger partial charge in [-0.1, -0.05) is 23.4 Å².